The molecule has 2 unspecified atom stereocenters. The molecule has 0 radical (unpaired) electrons. The molecule has 196 valence electrons. The van der Waals surface area contributed by atoms with E-state index in [2.05, 4.69) is 68.2 Å². The minimum atomic E-state index is -0.380. The summed E-state index contributed by atoms with van der Waals surface area (Å²) in [5.41, 5.74) is 5.09. The molecule has 0 aliphatic heterocycles. The number of rotatable bonds is 16. The van der Waals surface area contributed by atoms with Crippen LogP contribution >= 0.6 is 0 Å². The van der Waals surface area contributed by atoms with Crippen LogP contribution in [0.2, 0.25) is 0 Å². The first kappa shape index (κ1) is 28.8. The molecule has 0 saturated carbocycles. The van der Waals surface area contributed by atoms with E-state index in [1.54, 1.807) is 0 Å². The zero-order chi connectivity index (χ0) is 25.8. The number of aryl methyl sites for hydroxylation is 1. The smallest absolute Gasteiger partial charge is 0.371 e. The molecule has 5 heteroatoms. The molecule has 0 fully saturated rings. The van der Waals surface area contributed by atoms with E-state index in [0.717, 1.165) is 29.9 Å². The predicted octanol–water partition coefficient (Wildman–Crippen LogP) is 8.68. The lowest BCUT2D eigenvalue weighted by Gasteiger charge is -2.33. The first-order valence-electron chi connectivity index (χ1n) is 13.9. The first-order chi connectivity index (χ1) is 16.9. The summed E-state index contributed by atoms with van der Waals surface area (Å²) in [4.78, 5) is 15.0. The maximum atomic E-state index is 12.3. The summed E-state index contributed by atoms with van der Waals surface area (Å²) in [5, 5.41) is 6.09. The summed E-state index contributed by atoms with van der Waals surface area (Å²) in [5.74, 6) is 1.43. The van der Waals surface area contributed by atoms with Gasteiger partial charge in [0.2, 0.25) is 0 Å². The molecule has 1 aromatic carbocycles. The van der Waals surface area contributed by atoms with Crippen LogP contribution in [0.25, 0.3) is 5.57 Å². The van der Waals surface area contributed by atoms with Crippen molar-refractivity contribution in [2.75, 3.05) is 23.3 Å². The molecule has 2 atom stereocenters. The topological polar surface area (TPSA) is 61.3 Å². The van der Waals surface area contributed by atoms with Crippen molar-refractivity contribution in [2.24, 2.45) is 11.8 Å². The molecule has 2 aromatic rings. The van der Waals surface area contributed by atoms with Crippen LogP contribution < -0.4 is 15.8 Å². The Hall–Kier alpha value is -2.43. The average Bonchev–Trinajstić information content (AvgIpc) is 3.23. The minimum absolute atomic E-state index is 0.380. The second-order valence-corrected chi connectivity index (χ2v) is 10.1. The van der Waals surface area contributed by atoms with Crippen molar-refractivity contribution < 1.29 is 4.52 Å². The Morgan fingerprint density at radius 2 is 1.66 bits per heavy atom. The van der Waals surface area contributed by atoms with Gasteiger partial charge in [-0.25, -0.2) is 9.95 Å². The Morgan fingerprint density at radius 1 is 1.06 bits per heavy atom. The number of hydrogen-bond acceptors (Lipinski definition) is 4. The van der Waals surface area contributed by atoms with E-state index in [1.807, 2.05) is 19.9 Å². The molecule has 0 spiro atoms. The Morgan fingerprint density at radius 3 is 2.14 bits per heavy atom. The van der Waals surface area contributed by atoms with Crippen LogP contribution in [0.15, 0.2) is 33.6 Å². The van der Waals surface area contributed by atoms with Crippen LogP contribution in [0, 0.1) is 18.8 Å². The van der Waals surface area contributed by atoms with Crippen molar-refractivity contribution in [3.63, 3.8) is 0 Å². The molecular weight excluding hydrogens is 434 g/mol. The number of aromatic amines is 1. The highest BCUT2D eigenvalue weighted by molar-refractivity contribution is 5.76. The quantitative estimate of drug-likeness (QED) is 0.251. The lowest BCUT2D eigenvalue weighted by atomic mass is 9.95. The first-order valence-corrected chi connectivity index (χ1v) is 13.9. The number of anilines is 3. The fourth-order valence-corrected chi connectivity index (χ4v) is 4.70. The molecular formula is C30H49N3O2. The van der Waals surface area contributed by atoms with Gasteiger partial charge in [0, 0.05) is 24.5 Å². The van der Waals surface area contributed by atoms with Crippen LogP contribution in [0.5, 0.6) is 0 Å². The molecule has 0 aliphatic carbocycles. The average molecular weight is 484 g/mol. The van der Waals surface area contributed by atoms with E-state index >= 15 is 0 Å². The van der Waals surface area contributed by atoms with Crippen LogP contribution in [-0.2, 0) is 0 Å². The van der Waals surface area contributed by atoms with E-state index in [4.69, 9.17) is 4.52 Å². The van der Waals surface area contributed by atoms with Gasteiger partial charge in [0.25, 0.3) is 0 Å². The summed E-state index contributed by atoms with van der Waals surface area (Å²) in [7, 11) is 0. The third-order valence-electron chi connectivity index (χ3n) is 7.41. The van der Waals surface area contributed by atoms with Gasteiger partial charge in [-0.3, -0.25) is 0 Å². The molecule has 35 heavy (non-hydrogen) atoms. The molecule has 0 bridgehead atoms. The van der Waals surface area contributed by atoms with Gasteiger partial charge in [-0.1, -0.05) is 72.3 Å². The highest BCUT2D eigenvalue weighted by Crippen LogP contribution is 2.30. The van der Waals surface area contributed by atoms with Crippen LogP contribution in [-0.4, -0.2) is 18.2 Å². The van der Waals surface area contributed by atoms with Crippen LogP contribution in [0.3, 0.4) is 0 Å². The van der Waals surface area contributed by atoms with Gasteiger partial charge < -0.3 is 14.7 Å². The van der Waals surface area contributed by atoms with E-state index in [0.29, 0.717) is 23.2 Å². The second-order valence-electron chi connectivity index (χ2n) is 10.1. The Kier molecular flexibility index (Phi) is 12.2. The Labute approximate surface area is 213 Å². The van der Waals surface area contributed by atoms with Gasteiger partial charge >= 0.3 is 5.63 Å². The number of allylic oxidation sites excluding steroid dienone is 2. The van der Waals surface area contributed by atoms with Crippen molar-refractivity contribution in [1.82, 2.24) is 5.16 Å². The number of unbranched alkanes of at least 4 members (excludes halogenated alkanes) is 2. The lowest BCUT2D eigenvalue weighted by molar-refractivity contribution is 0.390. The predicted molar refractivity (Wildman–Crippen MR) is 152 cm³/mol. The van der Waals surface area contributed by atoms with Crippen LogP contribution in [0.4, 0.5) is 17.1 Å². The zero-order valence-corrected chi connectivity index (χ0v) is 23.3. The molecule has 0 aliphatic rings. The van der Waals surface area contributed by atoms with E-state index < -0.39 is 0 Å². The van der Waals surface area contributed by atoms with Crippen molar-refractivity contribution in [3.8, 4) is 0 Å². The second kappa shape index (κ2) is 14.9. The molecule has 1 heterocycles. The van der Waals surface area contributed by atoms with Gasteiger partial charge in [0.15, 0.2) is 5.69 Å². The third-order valence-corrected chi connectivity index (χ3v) is 7.41. The summed E-state index contributed by atoms with van der Waals surface area (Å²) in [6.07, 6.45) is 12.1. The van der Waals surface area contributed by atoms with Crippen molar-refractivity contribution >= 4 is 22.6 Å². The third kappa shape index (κ3) is 8.33. The highest BCUT2D eigenvalue weighted by Gasteiger charge is 2.19. The van der Waals surface area contributed by atoms with Crippen LogP contribution in [0.1, 0.15) is 104 Å². The van der Waals surface area contributed by atoms with Gasteiger partial charge in [-0.2, -0.15) is 0 Å². The Balaban J connectivity index is 2.32. The van der Waals surface area contributed by atoms with Gasteiger partial charge in [0.1, 0.15) is 5.69 Å². The summed E-state index contributed by atoms with van der Waals surface area (Å²) in [6, 6.07) is 6.60. The number of H-pyrrole nitrogens is 1. The SMILES string of the molecule is C/C=C(\C)c1[nH]oc(=O)c1Nc1ccc(N(CC(CC)CCCC)CC(CC)CCCC)cc1C. The maximum Gasteiger partial charge on any atom is 0.381 e. The fourth-order valence-electron chi connectivity index (χ4n) is 4.70. The zero-order valence-electron chi connectivity index (χ0n) is 23.3. The number of hydrogen-bond donors (Lipinski definition) is 2. The molecule has 2 N–H and O–H groups in total. The lowest BCUT2D eigenvalue weighted by Crippen LogP contribution is -2.34. The largest absolute Gasteiger partial charge is 0.381 e. The molecule has 5 nitrogen and oxygen atoms in total. The summed E-state index contributed by atoms with van der Waals surface area (Å²) in [6.45, 7) is 17.5. The van der Waals surface area contributed by atoms with Gasteiger partial charge in [0.05, 0.1) is 0 Å². The van der Waals surface area contributed by atoms with Crippen molar-refractivity contribution in [3.05, 3.63) is 46.0 Å². The van der Waals surface area contributed by atoms with E-state index in [9.17, 15) is 4.79 Å². The van der Waals surface area contributed by atoms with Crippen molar-refractivity contribution in [1.29, 1.82) is 0 Å². The monoisotopic (exact) mass is 483 g/mol. The normalized spacial score (nSPS) is 13.6. The summed E-state index contributed by atoms with van der Waals surface area (Å²) < 4.78 is 5.08. The molecule has 0 amide bonds. The standard InChI is InChI=1S/C30H49N3O2/c1-8-13-15-24(11-4)20-33(21-25(12-5)16-14-9-2)26-17-18-27(23(7)19-26)31-29-28(22(6)10-3)32-35-30(29)34/h10,17-19,24-25,31-32H,8-9,11-16,20-21H2,1-7H3/b22-10+. The minimum Gasteiger partial charge on any atom is -0.371 e. The number of benzene rings is 1. The van der Waals surface area contributed by atoms with E-state index in [1.165, 1.54) is 57.1 Å². The molecule has 0 saturated heterocycles. The molecule has 1 aromatic heterocycles. The number of aromatic nitrogens is 1. The van der Waals surface area contributed by atoms with Gasteiger partial charge in [-0.05, 0) is 74.8 Å². The maximum absolute atomic E-state index is 12.3. The number of nitrogens with one attached hydrogen (secondary N) is 2. The fraction of sp³-hybridized carbons (Fsp3) is 0.633. The Bertz CT molecular complexity index is 954. The highest BCUT2D eigenvalue weighted by atomic mass is 16.5. The van der Waals surface area contributed by atoms with Crippen molar-refractivity contribution in [2.45, 2.75) is 99.8 Å². The summed E-state index contributed by atoms with van der Waals surface area (Å²) >= 11 is 0. The molecule has 2 rings (SSSR count). The van der Waals surface area contributed by atoms with Gasteiger partial charge in [-0.15, -0.1) is 0 Å². The van der Waals surface area contributed by atoms with E-state index in [-0.39, 0.29) is 5.63 Å². The number of nitrogens with zero attached hydrogens (tertiary/aromatic N) is 1.